The van der Waals surface area contributed by atoms with E-state index in [1.54, 1.807) is 0 Å². The fourth-order valence-electron chi connectivity index (χ4n) is 1.29. The van der Waals surface area contributed by atoms with Gasteiger partial charge in [-0.2, -0.15) is 13.2 Å². The first-order valence-corrected chi connectivity index (χ1v) is 4.81. The molecule has 1 aromatic rings. The van der Waals surface area contributed by atoms with E-state index < -0.39 is 47.7 Å². The Labute approximate surface area is 103 Å². The molecule has 9 heteroatoms. The molecule has 1 N–H and O–H groups in total. The number of esters is 1. The summed E-state index contributed by atoms with van der Waals surface area (Å²) in [5.74, 6) is -1.88. The Bertz CT molecular complexity index is 487. The van der Waals surface area contributed by atoms with Crippen LogP contribution in [0, 0.1) is 0 Å². The minimum Gasteiger partial charge on any atom is -0.506 e. The van der Waals surface area contributed by atoms with Crippen molar-refractivity contribution in [3.8, 4) is 5.75 Å². The summed E-state index contributed by atoms with van der Waals surface area (Å²) in [6.07, 6.45) is -9.33. The number of hydrogen-bond acceptors (Lipinski definition) is 4. The smallest absolute Gasteiger partial charge is 0.433 e. The average molecular weight is 285 g/mol. The molecule has 0 aliphatic rings. The lowest BCUT2D eigenvalue weighted by Crippen LogP contribution is -2.16. The van der Waals surface area contributed by atoms with Gasteiger partial charge in [0.2, 0.25) is 0 Å². The minimum atomic E-state index is -5.12. The number of ether oxygens (including phenoxy) is 1. The number of hydrogen-bond donors (Lipinski definition) is 1. The Hall–Kier alpha value is -1.93. The Morgan fingerprint density at radius 2 is 2.05 bits per heavy atom. The van der Waals surface area contributed by atoms with Crippen LogP contribution >= 0.6 is 0 Å². The van der Waals surface area contributed by atoms with Crippen molar-refractivity contribution in [2.45, 2.75) is 19.0 Å². The van der Waals surface area contributed by atoms with Gasteiger partial charge in [-0.05, 0) is 6.07 Å². The number of alkyl halides is 5. The molecule has 4 nitrogen and oxygen atoms in total. The van der Waals surface area contributed by atoms with Gasteiger partial charge in [0.15, 0.2) is 5.69 Å². The average Bonchev–Trinajstić information content (AvgIpc) is 2.29. The van der Waals surface area contributed by atoms with Crippen LogP contribution in [0.2, 0.25) is 0 Å². The number of aromatic hydroxyl groups is 1. The molecule has 0 atom stereocenters. The van der Waals surface area contributed by atoms with E-state index in [0.717, 1.165) is 7.11 Å². The molecule has 0 fully saturated rings. The molecule has 0 saturated carbocycles. The molecule has 0 aromatic carbocycles. The monoisotopic (exact) mass is 285 g/mol. The number of rotatable bonds is 3. The van der Waals surface area contributed by atoms with Crippen LogP contribution < -0.4 is 0 Å². The number of nitrogens with zero attached hydrogens (tertiary/aromatic N) is 1. The third-order valence-electron chi connectivity index (χ3n) is 2.15. The van der Waals surface area contributed by atoms with Gasteiger partial charge in [0.1, 0.15) is 5.75 Å². The van der Waals surface area contributed by atoms with Crippen molar-refractivity contribution in [1.29, 1.82) is 0 Å². The van der Waals surface area contributed by atoms with E-state index >= 15 is 0 Å². The van der Waals surface area contributed by atoms with E-state index in [1.165, 1.54) is 0 Å². The molecular weight excluding hydrogens is 277 g/mol. The molecule has 0 aliphatic carbocycles. The molecule has 0 radical (unpaired) electrons. The van der Waals surface area contributed by atoms with Crippen LogP contribution in [0.15, 0.2) is 6.07 Å². The van der Waals surface area contributed by atoms with Crippen LogP contribution in [0.1, 0.15) is 23.4 Å². The Morgan fingerprint density at radius 3 is 2.47 bits per heavy atom. The van der Waals surface area contributed by atoms with E-state index in [-0.39, 0.29) is 6.07 Å². The third-order valence-corrected chi connectivity index (χ3v) is 2.15. The van der Waals surface area contributed by atoms with Gasteiger partial charge < -0.3 is 9.84 Å². The van der Waals surface area contributed by atoms with E-state index in [0.29, 0.717) is 0 Å². The van der Waals surface area contributed by atoms with Crippen LogP contribution in [-0.4, -0.2) is 23.2 Å². The molecule has 106 valence electrons. The molecule has 0 aliphatic heterocycles. The van der Waals surface area contributed by atoms with E-state index in [4.69, 9.17) is 0 Å². The first kappa shape index (κ1) is 15.1. The molecule has 0 unspecified atom stereocenters. The van der Waals surface area contributed by atoms with Gasteiger partial charge in [0, 0.05) is 0 Å². The third kappa shape index (κ3) is 3.52. The van der Waals surface area contributed by atoms with Crippen LogP contribution in [0.4, 0.5) is 22.0 Å². The van der Waals surface area contributed by atoms with Crippen LogP contribution in [0.3, 0.4) is 0 Å². The number of carbonyl (C=O) groups is 1. The zero-order chi connectivity index (χ0) is 14.8. The summed E-state index contributed by atoms with van der Waals surface area (Å²) in [7, 11) is 0.984. The summed E-state index contributed by atoms with van der Waals surface area (Å²) in [5.41, 5.74) is -3.96. The fourth-order valence-corrected chi connectivity index (χ4v) is 1.29. The standard InChI is InChI=1S/C10H8F5NO3/c1-19-7(18)3-5-6(17)2-4(9(11)12)8(16-5)10(13,14)15/h2,9,17H,3H2,1H3. The lowest BCUT2D eigenvalue weighted by Gasteiger charge is -2.14. The van der Waals surface area contributed by atoms with Crippen molar-refractivity contribution in [3.05, 3.63) is 23.0 Å². The number of pyridine rings is 1. The van der Waals surface area contributed by atoms with Gasteiger partial charge in [0.25, 0.3) is 6.43 Å². The van der Waals surface area contributed by atoms with E-state index in [1.807, 2.05) is 0 Å². The predicted octanol–water partition coefficient (Wildman–Crippen LogP) is 2.46. The maximum absolute atomic E-state index is 12.5. The molecule has 1 heterocycles. The summed E-state index contributed by atoms with van der Waals surface area (Å²) in [4.78, 5) is 13.8. The second-order valence-corrected chi connectivity index (χ2v) is 3.44. The summed E-state index contributed by atoms with van der Waals surface area (Å²) >= 11 is 0. The van der Waals surface area contributed by atoms with Crippen LogP contribution in [0.25, 0.3) is 0 Å². The molecule has 0 bridgehead atoms. The summed E-state index contributed by atoms with van der Waals surface area (Å²) < 4.78 is 66.7. The van der Waals surface area contributed by atoms with Gasteiger partial charge in [-0.1, -0.05) is 0 Å². The molecule has 0 spiro atoms. The lowest BCUT2D eigenvalue weighted by molar-refractivity contribution is -0.144. The second kappa shape index (κ2) is 5.37. The second-order valence-electron chi connectivity index (χ2n) is 3.44. The maximum Gasteiger partial charge on any atom is 0.433 e. The van der Waals surface area contributed by atoms with Gasteiger partial charge in [-0.15, -0.1) is 0 Å². The lowest BCUT2D eigenvalue weighted by atomic mass is 10.1. The van der Waals surface area contributed by atoms with Crippen molar-refractivity contribution >= 4 is 5.97 Å². The fraction of sp³-hybridized carbons (Fsp3) is 0.400. The molecule has 0 amide bonds. The molecule has 1 aromatic heterocycles. The quantitative estimate of drug-likeness (QED) is 0.684. The highest BCUT2D eigenvalue weighted by molar-refractivity contribution is 5.72. The number of aromatic nitrogens is 1. The normalized spacial score (nSPS) is 11.7. The largest absolute Gasteiger partial charge is 0.506 e. The summed E-state index contributed by atoms with van der Waals surface area (Å²) in [6, 6.07) is 0.249. The number of methoxy groups -OCH3 is 1. The highest BCUT2D eigenvalue weighted by Gasteiger charge is 2.38. The molecule has 19 heavy (non-hydrogen) atoms. The Morgan fingerprint density at radius 1 is 1.47 bits per heavy atom. The van der Waals surface area contributed by atoms with Crippen LogP contribution in [-0.2, 0) is 22.1 Å². The van der Waals surface area contributed by atoms with Crippen molar-refractivity contribution in [2.24, 2.45) is 0 Å². The zero-order valence-electron chi connectivity index (χ0n) is 9.46. The molecule has 1 rings (SSSR count). The van der Waals surface area contributed by atoms with Crippen molar-refractivity contribution < 1.29 is 36.6 Å². The highest BCUT2D eigenvalue weighted by atomic mass is 19.4. The molecular formula is C10H8F5NO3. The summed E-state index contributed by atoms with van der Waals surface area (Å²) in [5, 5.41) is 9.30. The van der Waals surface area contributed by atoms with Crippen molar-refractivity contribution in [3.63, 3.8) is 0 Å². The van der Waals surface area contributed by atoms with Gasteiger partial charge in [-0.25, -0.2) is 13.8 Å². The SMILES string of the molecule is COC(=O)Cc1nc(C(F)(F)F)c(C(F)F)cc1O. The van der Waals surface area contributed by atoms with Gasteiger partial charge >= 0.3 is 12.1 Å². The maximum atomic E-state index is 12.5. The molecule has 0 saturated heterocycles. The Balaban J connectivity index is 3.34. The highest BCUT2D eigenvalue weighted by Crippen LogP contribution is 2.37. The Kier molecular flexibility index (Phi) is 4.28. The first-order valence-electron chi connectivity index (χ1n) is 4.81. The number of halogens is 5. The van der Waals surface area contributed by atoms with E-state index in [2.05, 4.69) is 9.72 Å². The van der Waals surface area contributed by atoms with Crippen molar-refractivity contribution in [1.82, 2.24) is 4.98 Å². The van der Waals surface area contributed by atoms with Crippen LogP contribution in [0.5, 0.6) is 5.75 Å². The van der Waals surface area contributed by atoms with Gasteiger partial charge in [-0.3, -0.25) is 4.79 Å². The zero-order valence-corrected chi connectivity index (χ0v) is 9.46. The predicted molar refractivity (Wildman–Crippen MR) is 51.6 cm³/mol. The van der Waals surface area contributed by atoms with Gasteiger partial charge in [0.05, 0.1) is 24.8 Å². The van der Waals surface area contributed by atoms with E-state index in [9.17, 15) is 31.9 Å². The minimum absolute atomic E-state index is 0.249. The topological polar surface area (TPSA) is 59.4 Å². The number of carbonyl (C=O) groups excluding carboxylic acids is 1. The van der Waals surface area contributed by atoms with Crippen molar-refractivity contribution in [2.75, 3.05) is 7.11 Å². The summed E-state index contributed by atoms with van der Waals surface area (Å²) in [6.45, 7) is 0. The first-order chi connectivity index (χ1) is 8.66.